The molecule has 22 heavy (non-hydrogen) atoms. The molecule has 0 aromatic heterocycles. The molecule has 120 valence electrons. The fraction of sp³-hybridized carbons (Fsp3) is 0.294. The van der Waals surface area contributed by atoms with Crippen molar-refractivity contribution in [3.63, 3.8) is 0 Å². The number of hydrogen-bond donors (Lipinski definition) is 0. The number of nitrogens with zero attached hydrogens (tertiary/aromatic N) is 1. The Bertz CT molecular complexity index is 521. The fourth-order valence-electron chi connectivity index (χ4n) is 1.87. The van der Waals surface area contributed by atoms with E-state index in [-0.39, 0.29) is 0 Å². The van der Waals surface area contributed by atoms with Crippen molar-refractivity contribution in [2.45, 2.75) is 6.92 Å². The molecule has 1 rings (SSSR count). The van der Waals surface area contributed by atoms with E-state index in [4.69, 9.17) is 19.1 Å². The maximum absolute atomic E-state index is 5.44. The number of ether oxygens (including phenoxy) is 2. The van der Waals surface area contributed by atoms with E-state index >= 15 is 0 Å². The molecule has 0 fully saturated rings. The Kier molecular flexibility index (Phi) is 7.81. The summed E-state index contributed by atoms with van der Waals surface area (Å²) in [6.07, 6.45) is 11.6. The monoisotopic (exact) mass is 305 g/mol. The van der Waals surface area contributed by atoms with Crippen LogP contribution in [0.3, 0.4) is 0 Å². The molecule has 0 heterocycles. The van der Waals surface area contributed by atoms with Crippen molar-refractivity contribution < 1.29 is 19.1 Å². The average molecular weight is 305 g/mol. The molecule has 1 aromatic carbocycles. The standard InChI is InChI=1S/C17H23NO4/c1-6-7-8-9-10-11-15-16(19-2)12-14(13-17(15)20-3)18(21-4)22-5/h6-13H,1-5H3/b7-6+,9-8+,11-10+. The highest BCUT2D eigenvalue weighted by atomic mass is 16.9. The zero-order valence-electron chi connectivity index (χ0n) is 13.7. The molecule has 0 spiro atoms. The van der Waals surface area contributed by atoms with Gasteiger partial charge in [-0.2, -0.15) is 0 Å². The maximum atomic E-state index is 5.44. The first-order valence-corrected chi connectivity index (χ1v) is 6.82. The summed E-state index contributed by atoms with van der Waals surface area (Å²) in [6.45, 7) is 1.97. The molecule has 1 aromatic rings. The van der Waals surface area contributed by atoms with Crippen molar-refractivity contribution in [1.29, 1.82) is 0 Å². The van der Waals surface area contributed by atoms with Crippen LogP contribution in [0.25, 0.3) is 6.08 Å². The second-order valence-corrected chi connectivity index (χ2v) is 4.16. The summed E-state index contributed by atoms with van der Waals surface area (Å²) in [6, 6.07) is 3.62. The normalized spacial score (nSPS) is 11.7. The predicted molar refractivity (Wildman–Crippen MR) is 89.0 cm³/mol. The molecule has 0 saturated carbocycles. The van der Waals surface area contributed by atoms with E-state index in [1.165, 1.54) is 19.4 Å². The minimum absolute atomic E-state index is 0.657. The largest absolute Gasteiger partial charge is 0.496 e. The minimum Gasteiger partial charge on any atom is -0.496 e. The Labute approximate surface area is 131 Å². The molecular formula is C17H23NO4. The van der Waals surface area contributed by atoms with Gasteiger partial charge in [-0.25, -0.2) is 0 Å². The number of hydrogen-bond acceptors (Lipinski definition) is 5. The van der Waals surface area contributed by atoms with Crippen molar-refractivity contribution in [3.05, 3.63) is 48.1 Å². The van der Waals surface area contributed by atoms with Gasteiger partial charge < -0.3 is 9.47 Å². The van der Waals surface area contributed by atoms with Crippen molar-refractivity contribution in [3.8, 4) is 11.5 Å². The summed E-state index contributed by atoms with van der Waals surface area (Å²) < 4.78 is 10.9. The van der Waals surface area contributed by atoms with Gasteiger partial charge >= 0.3 is 0 Å². The van der Waals surface area contributed by atoms with E-state index in [1.54, 1.807) is 14.2 Å². The fourth-order valence-corrected chi connectivity index (χ4v) is 1.87. The zero-order chi connectivity index (χ0) is 16.4. The number of anilines is 1. The molecule has 0 atom stereocenters. The van der Waals surface area contributed by atoms with Crippen LogP contribution in [-0.2, 0) is 9.68 Å². The molecule has 0 bridgehead atoms. The lowest BCUT2D eigenvalue weighted by atomic mass is 10.1. The molecule has 0 N–H and O–H groups in total. The van der Waals surface area contributed by atoms with Crippen molar-refractivity contribution in [2.75, 3.05) is 33.7 Å². The van der Waals surface area contributed by atoms with Gasteiger partial charge in [0.1, 0.15) is 17.2 Å². The summed E-state index contributed by atoms with van der Waals surface area (Å²) in [5.41, 5.74) is 1.51. The molecule has 0 aliphatic heterocycles. The highest BCUT2D eigenvalue weighted by Gasteiger charge is 2.14. The molecule has 5 nitrogen and oxygen atoms in total. The summed E-state index contributed by atoms with van der Waals surface area (Å²) >= 11 is 0. The number of allylic oxidation sites excluding steroid dienone is 5. The van der Waals surface area contributed by atoms with Gasteiger partial charge in [-0.05, 0) is 13.0 Å². The van der Waals surface area contributed by atoms with E-state index < -0.39 is 0 Å². The van der Waals surface area contributed by atoms with Gasteiger partial charge in [0.15, 0.2) is 0 Å². The molecule has 0 aliphatic rings. The predicted octanol–water partition coefficient (Wildman–Crippen LogP) is 3.78. The van der Waals surface area contributed by atoms with Crippen molar-refractivity contribution in [1.82, 2.24) is 0 Å². The third kappa shape index (κ3) is 4.65. The van der Waals surface area contributed by atoms with Crippen LogP contribution in [0.5, 0.6) is 11.5 Å². The zero-order valence-corrected chi connectivity index (χ0v) is 13.7. The Morgan fingerprint density at radius 3 is 1.82 bits per heavy atom. The van der Waals surface area contributed by atoms with E-state index in [1.807, 2.05) is 55.5 Å². The smallest absolute Gasteiger partial charge is 0.132 e. The van der Waals surface area contributed by atoms with E-state index in [0.29, 0.717) is 17.2 Å². The SMILES string of the molecule is C/C=C/C=C/C=C/c1c(OC)cc(N(OC)OC)cc1OC. The molecule has 0 radical (unpaired) electrons. The lowest BCUT2D eigenvalue weighted by Crippen LogP contribution is -2.19. The third-order valence-electron chi connectivity index (χ3n) is 2.86. The molecule has 0 unspecified atom stereocenters. The highest BCUT2D eigenvalue weighted by molar-refractivity contribution is 5.70. The topological polar surface area (TPSA) is 40.2 Å². The minimum atomic E-state index is 0.657. The second-order valence-electron chi connectivity index (χ2n) is 4.16. The first kappa shape index (κ1) is 17.8. The van der Waals surface area contributed by atoms with Crippen molar-refractivity contribution >= 4 is 11.8 Å². The quantitative estimate of drug-likeness (QED) is 0.540. The van der Waals surface area contributed by atoms with Gasteiger partial charge in [-0.15, -0.1) is 5.23 Å². The van der Waals surface area contributed by atoms with Crippen LogP contribution in [0.4, 0.5) is 5.69 Å². The van der Waals surface area contributed by atoms with Gasteiger partial charge in [0, 0.05) is 12.1 Å². The maximum Gasteiger partial charge on any atom is 0.132 e. The number of methoxy groups -OCH3 is 2. The average Bonchev–Trinajstić information content (AvgIpc) is 2.55. The number of benzene rings is 1. The van der Waals surface area contributed by atoms with E-state index in [9.17, 15) is 0 Å². The summed E-state index contributed by atoms with van der Waals surface area (Å²) in [5.74, 6) is 1.31. The van der Waals surface area contributed by atoms with Crippen LogP contribution >= 0.6 is 0 Å². The third-order valence-corrected chi connectivity index (χ3v) is 2.86. The molecule has 0 aliphatic carbocycles. The Morgan fingerprint density at radius 1 is 0.818 bits per heavy atom. The molecule has 5 heteroatoms. The number of rotatable bonds is 8. The second kappa shape index (κ2) is 9.65. The van der Waals surface area contributed by atoms with Crippen LogP contribution in [0, 0.1) is 0 Å². The first-order chi connectivity index (χ1) is 10.7. The van der Waals surface area contributed by atoms with Crippen LogP contribution in [0.1, 0.15) is 12.5 Å². The van der Waals surface area contributed by atoms with Gasteiger partial charge in [0.05, 0.1) is 34.0 Å². The lowest BCUT2D eigenvalue weighted by molar-refractivity contribution is -0.0434. The van der Waals surface area contributed by atoms with Crippen LogP contribution in [0.15, 0.2) is 42.5 Å². The summed E-state index contributed by atoms with van der Waals surface area (Å²) in [7, 11) is 6.25. The molecule has 0 amide bonds. The first-order valence-electron chi connectivity index (χ1n) is 6.82. The van der Waals surface area contributed by atoms with Gasteiger partial charge in [0.2, 0.25) is 0 Å². The van der Waals surface area contributed by atoms with E-state index in [2.05, 4.69) is 0 Å². The highest BCUT2D eigenvalue weighted by Crippen LogP contribution is 2.35. The van der Waals surface area contributed by atoms with E-state index in [0.717, 1.165) is 5.56 Å². The Morgan fingerprint density at radius 2 is 1.36 bits per heavy atom. The van der Waals surface area contributed by atoms with Crippen LogP contribution in [-0.4, -0.2) is 28.4 Å². The lowest BCUT2D eigenvalue weighted by Gasteiger charge is -2.20. The Hall–Kier alpha value is -2.24. The van der Waals surface area contributed by atoms with Crippen LogP contribution < -0.4 is 14.7 Å². The van der Waals surface area contributed by atoms with Gasteiger partial charge in [0.25, 0.3) is 0 Å². The molecule has 0 saturated heterocycles. The Balaban J connectivity index is 3.21. The van der Waals surface area contributed by atoms with Gasteiger partial charge in [-0.1, -0.05) is 30.4 Å². The van der Waals surface area contributed by atoms with Crippen LogP contribution in [0.2, 0.25) is 0 Å². The van der Waals surface area contributed by atoms with Gasteiger partial charge in [-0.3, -0.25) is 9.68 Å². The summed E-state index contributed by atoms with van der Waals surface area (Å²) in [4.78, 5) is 10.2. The summed E-state index contributed by atoms with van der Waals surface area (Å²) in [5, 5.41) is 1.27. The van der Waals surface area contributed by atoms with Crippen molar-refractivity contribution in [2.24, 2.45) is 0 Å². The molecular weight excluding hydrogens is 282 g/mol.